The molecule has 0 saturated heterocycles. The van der Waals surface area contributed by atoms with Crippen molar-refractivity contribution >= 4 is 35.1 Å². The standard InChI is InChI=1S/C14H11ClN2OS/c15-9-5-6-16-13(7-9)17-14(18)11-8-19-12-4-2-1-3-10(11)12/h1-7,11H,8H2,(H,16,17,18). The molecular weight excluding hydrogens is 280 g/mol. The van der Waals surface area contributed by atoms with Crippen LogP contribution >= 0.6 is 23.4 Å². The normalized spacial score (nSPS) is 17.0. The van der Waals surface area contributed by atoms with Crippen molar-refractivity contribution in [1.29, 1.82) is 0 Å². The maximum Gasteiger partial charge on any atom is 0.233 e. The van der Waals surface area contributed by atoms with E-state index < -0.39 is 0 Å². The Morgan fingerprint density at radius 3 is 3.05 bits per heavy atom. The van der Waals surface area contributed by atoms with Gasteiger partial charge in [-0.2, -0.15) is 0 Å². The highest BCUT2D eigenvalue weighted by molar-refractivity contribution is 7.99. The van der Waals surface area contributed by atoms with Crippen molar-refractivity contribution in [3.05, 3.63) is 53.2 Å². The van der Waals surface area contributed by atoms with E-state index >= 15 is 0 Å². The van der Waals surface area contributed by atoms with E-state index in [1.807, 2.05) is 24.3 Å². The fraction of sp³-hybridized carbons (Fsp3) is 0.143. The minimum absolute atomic E-state index is 0.0350. The lowest BCUT2D eigenvalue weighted by Crippen LogP contribution is -2.21. The number of hydrogen-bond acceptors (Lipinski definition) is 3. The number of carbonyl (C=O) groups is 1. The molecule has 1 atom stereocenters. The molecule has 1 aromatic carbocycles. The summed E-state index contributed by atoms with van der Waals surface area (Å²) in [7, 11) is 0. The number of amides is 1. The van der Waals surface area contributed by atoms with Crippen molar-refractivity contribution < 1.29 is 4.79 Å². The van der Waals surface area contributed by atoms with Gasteiger partial charge in [-0.15, -0.1) is 11.8 Å². The average molecular weight is 291 g/mol. The second-order valence-corrected chi connectivity index (χ2v) is 5.75. The van der Waals surface area contributed by atoms with E-state index in [0.717, 1.165) is 11.3 Å². The molecule has 0 spiro atoms. The highest BCUT2D eigenvalue weighted by Gasteiger charge is 2.29. The SMILES string of the molecule is O=C(Nc1cc(Cl)ccn1)C1CSc2ccccc21. The summed E-state index contributed by atoms with van der Waals surface area (Å²) in [6.45, 7) is 0. The average Bonchev–Trinajstić information content (AvgIpc) is 2.82. The summed E-state index contributed by atoms with van der Waals surface area (Å²) < 4.78 is 0. The first-order chi connectivity index (χ1) is 9.24. The van der Waals surface area contributed by atoms with Gasteiger partial charge in [0, 0.05) is 21.9 Å². The molecule has 0 aliphatic carbocycles. The fourth-order valence-corrected chi connectivity index (χ4v) is 3.45. The molecule has 3 nitrogen and oxygen atoms in total. The lowest BCUT2D eigenvalue weighted by Gasteiger charge is -2.11. The number of hydrogen-bond donors (Lipinski definition) is 1. The van der Waals surface area contributed by atoms with Crippen molar-refractivity contribution in [3.63, 3.8) is 0 Å². The largest absolute Gasteiger partial charge is 0.310 e. The highest BCUT2D eigenvalue weighted by atomic mass is 35.5. The van der Waals surface area contributed by atoms with Gasteiger partial charge in [0.15, 0.2) is 0 Å². The van der Waals surface area contributed by atoms with E-state index in [2.05, 4.69) is 10.3 Å². The van der Waals surface area contributed by atoms with Crippen LogP contribution in [0.5, 0.6) is 0 Å². The van der Waals surface area contributed by atoms with E-state index in [1.54, 1.807) is 30.1 Å². The Morgan fingerprint density at radius 1 is 1.37 bits per heavy atom. The van der Waals surface area contributed by atoms with Gasteiger partial charge in [-0.1, -0.05) is 29.8 Å². The van der Waals surface area contributed by atoms with E-state index in [1.165, 1.54) is 4.90 Å². The van der Waals surface area contributed by atoms with Crippen LogP contribution in [0, 0.1) is 0 Å². The molecule has 5 heteroatoms. The monoisotopic (exact) mass is 290 g/mol. The summed E-state index contributed by atoms with van der Waals surface area (Å²) in [5, 5.41) is 3.38. The second-order valence-electron chi connectivity index (χ2n) is 4.25. The Kier molecular flexibility index (Phi) is 3.44. The molecule has 0 bridgehead atoms. The number of fused-ring (bicyclic) bond motifs is 1. The Labute approximate surface area is 120 Å². The fourth-order valence-electron chi connectivity index (χ4n) is 2.07. The Bertz CT molecular complexity index is 632. The van der Waals surface area contributed by atoms with Gasteiger partial charge in [-0.05, 0) is 23.8 Å². The van der Waals surface area contributed by atoms with Gasteiger partial charge in [0.25, 0.3) is 0 Å². The van der Waals surface area contributed by atoms with Crippen molar-refractivity contribution in [2.45, 2.75) is 10.8 Å². The molecule has 96 valence electrons. The first-order valence-electron chi connectivity index (χ1n) is 5.88. The van der Waals surface area contributed by atoms with Gasteiger partial charge in [-0.3, -0.25) is 4.79 Å². The third-order valence-electron chi connectivity index (χ3n) is 2.99. The van der Waals surface area contributed by atoms with Gasteiger partial charge >= 0.3 is 0 Å². The number of thioether (sulfide) groups is 1. The maximum absolute atomic E-state index is 12.3. The first kappa shape index (κ1) is 12.5. The number of nitrogens with zero attached hydrogens (tertiary/aromatic N) is 1. The van der Waals surface area contributed by atoms with Crippen LogP contribution in [0.25, 0.3) is 0 Å². The van der Waals surface area contributed by atoms with Crippen LogP contribution in [0.15, 0.2) is 47.5 Å². The molecule has 1 aromatic heterocycles. The number of pyridine rings is 1. The molecule has 3 rings (SSSR count). The van der Waals surface area contributed by atoms with Gasteiger partial charge in [-0.25, -0.2) is 4.98 Å². The molecule has 1 amide bonds. The number of benzene rings is 1. The smallest absolute Gasteiger partial charge is 0.233 e. The molecule has 1 N–H and O–H groups in total. The number of halogens is 1. The predicted molar refractivity (Wildman–Crippen MR) is 77.8 cm³/mol. The van der Waals surface area contributed by atoms with Crippen LogP contribution in [0.1, 0.15) is 11.5 Å². The van der Waals surface area contributed by atoms with Crippen LogP contribution in [0.2, 0.25) is 5.02 Å². The minimum atomic E-state index is -0.123. The van der Waals surface area contributed by atoms with Crippen LogP contribution in [-0.2, 0) is 4.79 Å². The minimum Gasteiger partial charge on any atom is -0.310 e. The topological polar surface area (TPSA) is 42.0 Å². The third-order valence-corrected chi connectivity index (χ3v) is 4.41. The number of rotatable bonds is 2. The molecule has 1 unspecified atom stereocenters. The van der Waals surface area contributed by atoms with E-state index in [9.17, 15) is 4.79 Å². The van der Waals surface area contributed by atoms with Crippen molar-refractivity contribution in [1.82, 2.24) is 4.98 Å². The highest BCUT2D eigenvalue weighted by Crippen LogP contribution is 2.39. The summed E-state index contributed by atoms with van der Waals surface area (Å²) in [6.07, 6.45) is 1.58. The molecule has 2 heterocycles. The second kappa shape index (κ2) is 5.23. The lowest BCUT2D eigenvalue weighted by molar-refractivity contribution is -0.117. The van der Waals surface area contributed by atoms with Crippen molar-refractivity contribution in [3.8, 4) is 0 Å². The number of anilines is 1. The molecule has 0 saturated carbocycles. The first-order valence-corrected chi connectivity index (χ1v) is 7.24. The number of carbonyl (C=O) groups excluding carboxylic acids is 1. The number of aromatic nitrogens is 1. The van der Waals surface area contributed by atoms with Crippen LogP contribution in [-0.4, -0.2) is 16.6 Å². The van der Waals surface area contributed by atoms with Crippen LogP contribution in [0.3, 0.4) is 0 Å². The molecule has 2 aromatic rings. The maximum atomic E-state index is 12.3. The molecule has 1 aliphatic rings. The number of nitrogens with one attached hydrogen (secondary N) is 1. The van der Waals surface area contributed by atoms with Gasteiger partial charge in [0.2, 0.25) is 5.91 Å². The zero-order valence-corrected chi connectivity index (χ0v) is 11.5. The summed E-state index contributed by atoms with van der Waals surface area (Å²) >= 11 is 7.58. The summed E-state index contributed by atoms with van der Waals surface area (Å²) in [5.41, 5.74) is 1.09. The Hall–Kier alpha value is -1.52. The van der Waals surface area contributed by atoms with Gasteiger partial charge in [0.05, 0.1) is 5.92 Å². The Morgan fingerprint density at radius 2 is 2.21 bits per heavy atom. The molecule has 0 fully saturated rings. The quantitative estimate of drug-likeness (QED) is 0.919. The van der Waals surface area contributed by atoms with Crippen molar-refractivity contribution in [2.75, 3.05) is 11.1 Å². The van der Waals surface area contributed by atoms with Gasteiger partial charge < -0.3 is 5.32 Å². The molecule has 19 heavy (non-hydrogen) atoms. The third kappa shape index (κ3) is 2.60. The van der Waals surface area contributed by atoms with Crippen molar-refractivity contribution in [2.24, 2.45) is 0 Å². The Balaban J connectivity index is 1.79. The molecular formula is C14H11ClN2OS. The molecule has 1 aliphatic heterocycles. The molecule has 0 radical (unpaired) electrons. The summed E-state index contributed by atoms with van der Waals surface area (Å²) in [4.78, 5) is 17.5. The van der Waals surface area contributed by atoms with E-state index in [-0.39, 0.29) is 11.8 Å². The zero-order chi connectivity index (χ0) is 13.2. The van der Waals surface area contributed by atoms with E-state index in [4.69, 9.17) is 11.6 Å². The van der Waals surface area contributed by atoms with E-state index in [0.29, 0.717) is 10.8 Å². The predicted octanol–water partition coefficient (Wildman–Crippen LogP) is 3.56. The van der Waals surface area contributed by atoms with Gasteiger partial charge in [0.1, 0.15) is 5.82 Å². The lowest BCUT2D eigenvalue weighted by atomic mass is 10.0. The summed E-state index contributed by atoms with van der Waals surface area (Å²) in [5.74, 6) is 1.10. The summed E-state index contributed by atoms with van der Waals surface area (Å²) in [6, 6.07) is 11.3. The zero-order valence-electron chi connectivity index (χ0n) is 9.97. The van der Waals surface area contributed by atoms with Crippen LogP contribution < -0.4 is 5.32 Å². The van der Waals surface area contributed by atoms with Crippen LogP contribution in [0.4, 0.5) is 5.82 Å².